The van der Waals surface area contributed by atoms with Gasteiger partial charge in [0, 0.05) is 13.1 Å². The molecular weight excluding hydrogens is 361 g/mol. The third-order valence-corrected chi connectivity index (χ3v) is 4.92. The number of nitrogens with zero attached hydrogens (tertiary/aromatic N) is 1. The van der Waals surface area contributed by atoms with Crippen molar-refractivity contribution < 1.29 is 27.7 Å². The molecule has 1 aromatic rings. The highest BCUT2D eigenvalue weighted by Crippen LogP contribution is 2.36. The van der Waals surface area contributed by atoms with Crippen LogP contribution in [0.25, 0.3) is 0 Å². The Morgan fingerprint density at radius 2 is 1.96 bits per heavy atom. The summed E-state index contributed by atoms with van der Waals surface area (Å²) in [5.41, 5.74) is 0.00304. The molecule has 2 aliphatic rings. The number of piperidine rings is 1. The molecule has 148 valence electrons. The Morgan fingerprint density at radius 1 is 1.22 bits per heavy atom. The smallest absolute Gasteiger partial charge is 0.370 e. The first-order chi connectivity index (χ1) is 12.8. The van der Waals surface area contributed by atoms with Crippen LogP contribution in [0.4, 0.5) is 24.5 Å². The summed E-state index contributed by atoms with van der Waals surface area (Å²) in [5.74, 6) is -0.519. The van der Waals surface area contributed by atoms with Gasteiger partial charge in [0.1, 0.15) is 0 Å². The van der Waals surface area contributed by atoms with Crippen LogP contribution >= 0.6 is 0 Å². The molecule has 1 aromatic carbocycles. The van der Waals surface area contributed by atoms with Gasteiger partial charge in [-0.05, 0) is 37.5 Å². The quantitative estimate of drug-likeness (QED) is 0.713. The molecule has 9 heteroatoms. The molecule has 3 N–H and O–H groups in total. The third kappa shape index (κ3) is 5.12. The highest BCUT2D eigenvalue weighted by molar-refractivity contribution is 5.95. The maximum Gasteiger partial charge on any atom is 0.416 e. The second-order valence-corrected chi connectivity index (χ2v) is 7.03. The van der Waals surface area contributed by atoms with Crippen LogP contribution in [0, 0.1) is 0 Å². The number of anilines is 2. The number of piperazine rings is 1. The van der Waals surface area contributed by atoms with Gasteiger partial charge in [-0.1, -0.05) is 0 Å². The number of hydrogen-bond donors (Lipinski definition) is 3. The first-order valence-electron chi connectivity index (χ1n) is 9.19. The zero-order valence-electron chi connectivity index (χ0n) is 15.0. The van der Waals surface area contributed by atoms with Crippen molar-refractivity contribution in [3.8, 4) is 0 Å². The Kier molecular flexibility index (Phi) is 5.88. The average Bonchev–Trinajstić information content (AvgIpc) is 2.61. The number of nitrogens with one attached hydrogen (secondary N) is 3. The zero-order chi connectivity index (χ0) is 19.4. The van der Waals surface area contributed by atoms with Crippen LogP contribution in [0.5, 0.6) is 0 Å². The minimum atomic E-state index is -4.48. The van der Waals surface area contributed by atoms with Crippen molar-refractivity contribution in [2.24, 2.45) is 0 Å². The van der Waals surface area contributed by atoms with Crippen molar-refractivity contribution in [3.05, 3.63) is 23.8 Å². The number of alkyl halides is 3. The summed E-state index contributed by atoms with van der Waals surface area (Å²) in [6, 6.07) is 3.49. The van der Waals surface area contributed by atoms with Crippen LogP contribution in [-0.2, 0) is 15.8 Å². The third-order valence-electron chi connectivity index (χ3n) is 4.92. The second kappa shape index (κ2) is 8.16. The lowest BCUT2D eigenvalue weighted by Gasteiger charge is -2.31. The number of carbonyl (C=O) groups is 2. The van der Waals surface area contributed by atoms with Crippen molar-refractivity contribution in [3.63, 3.8) is 0 Å². The Balaban J connectivity index is 1.77. The van der Waals surface area contributed by atoms with Crippen LogP contribution in [0.1, 0.15) is 24.8 Å². The summed E-state index contributed by atoms with van der Waals surface area (Å²) in [4.78, 5) is 26.7. The van der Waals surface area contributed by atoms with Gasteiger partial charge in [0.05, 0.1) is 30.0 Å². The lowest BCUT2D eigenvalue weighted by Crippen LogP contribution is -3.16. The normalized spacial score (nSPS) is 20.9. The van der Waals surface area contributed by atoms with Gasteiger partial charge in [-0.25, -0.2) is 0 Å². The number of halogens is 3. The standard InChI is InChI=1S/C18H23F3N4O2/c19-18(20,21)13-4-5-15(25-7-2-1-3-8-25)14(10-13)23-17(27)12-24-9-6-22-16(26)11-24/h4-5,10H,1-3,6-9,11-12H2,(H,22,26)(H,23,27)/p+1. The minimum Gasteiger partial charge on any atom is -0.370 e. The summed E-state index contributed by atoms with van der Waals surface area (Å²) in [6.07, 6.45) is -1.43. The Labute approximate surface area is 155 Å². The van der Waals surface area contributed by atoms with Gasteiger partial charge in [0.15, 0.2) is 13.1 Å². The largest absolute Gasteiger partial charge is 0.416 e. The van der Waals surface area contributed by atoms with Crippen LogP contribution in [0.3, 0.4) is 0 Å². The second-order valence-electron chi connectivity index (χ2n) is 7.03. The maximum absolute atomic E-state index is 13.1. The van der Waals surface area contributed by atoms with E-state index in [1.807, 2.05) is 4.90 Å². The average molecular weight is 385 g/mol. The monoisotopic (exact) mass is 385 g/mol. The molecule has 0 saturated carbocycles. The van der Waals surface area contributed by atoms with Gasteiger partial charge in [-0.15, -0.1) is 0 Å². The topological polar surface area (TPSA) is 65.9 Å². The highest BCUT2D eigenvalue weighted by Gasteiger charge is 2.32. The molecule has 2 aliphatic heterocycles. The fraction of sp³-hybridized carbons (Fsp3) is 0.556. The fourth-order valence-electron chi connectivity index (χ4n) is 3.55. The van der Waals surface area contributed by atoms with E-state index in [1.165, 1.54) is 6.07 Å². The minimum absolute atomic E-state index is 0.0447. The maximum atomic E-state index is 13.1. The van der Waals surface area contributed by atoms with Crippen LogP contribution in [0.15, 0.2) is 18.2 Å². The molecule has 6 nitrogen and oxygen atoms in total. The van der Waals surface area contributed by atoms with Crippen molar-refractivity contribution in [2.45, 2.75) is 25.4 Å². The number of amides is 2. The van der Waals surface area contributed by atoms with Crippen LogP contribution in [0.2, 0.25) is 0 Å². The van der Waals surface area contributed by atoms with E-state index in [0.717, 1.165) is 49.4 Å². The predicted octanol–water partition coefficient (Wildman–Crippen LogP) is 0.649. The van der Waals surface area contributed by atoms with E-state index in [1.54, 1.807) is 0 Å². The Morgan fingerprint density at radius 3 is 2.63 bits per heavy atom. The number of benzene rings is 1. The molecule has 3 rings (SSSR count). The van der Waals surface area contributed by atoms with E-state index >= 15 is 0 Å². The number of carbonyl (C=O) groups excluding carboxylic acids is 2. The summed E-state index contributed by atoms with van der Waals surface area (Å²) in [6.45, 7) is 2.85. The molecule has 2 heterocycles. The molecule has 2 fully saturated rings. The molecule has 0 radical (unpaired) electrons. The number of hydrogen-bond acceptors (Lipinski definition) is 3. The Hall–Kier alpha value is -2.29. The van der Waals surface area contributed by atoms with Gasteiger partial charge >= 0.3 is 6.18 Å². The molecule has 2 amide bonds. The summed E-state index contributed by atoms with van der Waals surface area (Å²) >= 11 is 0. The van der Waals surface area contributed by atoms with Gasteiger partial charge in [-0.2, -0.15) is 13.2 Å². The van der Waals surface area contributed by atoms with Crippen molar-refractivity contribution in [2.75, 3.05) is 49.5 Å². The fourth-order valence-corrected chi connectivity index (χ4v) is 3.55. The van der Waals surface area contributed by atoms with Gasteiger partial charge in [0.2, 0.25) is 0 Å². The van der Waals surface area contributed by atoms with Crippen molar-refractivity contribution in [1.29, 1.82) is 0 Å². The first-order valence-corrected chi connectivity index (χ1v) is 9.19. The van der Waals surface area contributed by atoms with E-state index in [-0.39, 0.29) is 24.7 Å². The highest BCUT2D eigenvalue weighted by atomic mass is 19.4. The number of quaternary nitrogens is 1. The summed E-state index contributed by atoms with van der Waals surface area (Å²) in [5, 5.41) is 5.34. The summed E-state index contributed by atoms with van der Waals surface area (Å²) in [7, 11) is 0. The number of rotatable bonds is 4. The van der Waals surface area contributed by atoms with Gasteiger partial charge < -0.3 is 20.4 Å². The first kappa shape index (κ1) is 19.5. The van der Waals surface area contributed by atoms with Crippen molar-refractivity contribution >= 4 is 23.2 Å². The molecule has 0 aromatic heterocycles. The molecular formula is C18H24F3N4O2+. The Bertz CT molecular complexity index is 702. The van der Waals surface area contributed by atoms with E-state index in [2.05, 4.69) is 10.6 Å². The SMILES string of the molecule is O=C1C[NH+](CC(=O)Nc2cc(C(F)(F)F)ccc2N2CCCCC2)CCN1. The van der Waals surface area contributed by atoms with Gasteiger partial charge in [-0.3, -0.25) is 9.59 Å². The molecule has 27 heavy (non-hydrogen) atoms. The lowest BCUT2D eigenvalue weighted by atomic mass is 10.1. The molecule has 0 aliphatic carbocycles. The van der Waals surface area contributed by atoms with E-state index < -0.39 is 17.6 Å². The van der Waals surface area contributed by atoms with E-state index in [4.69, 9.17) is 0 Å². The summed E-state index contributed by atoms with van der Waals surface area (Å²) < 4.78 is 39.4. The van der Waals surface area contributed by atoms with Gasteiger partial charge in [0.25, 0.3) is 11.8 Å². The van der Waals surface area contributed by atoms with Crippen molar-refractivity contribution in [1.82, 2.24) is 5.32 Å². The molecule has 2 saturated heterocycles. The predicted molar refractivity (Wildman–Crippen MR) is 94.7 cm³/mol. The molecule has 1 unspecified atom stereocenters. The lowest BCUT2D eigenvalue weighted by molar-refractivity contribution is -0.885. The molecule has 1 atom stereocenters. The van der Waals surface area contributed by atoms with Crippen LogP contribution < -0.4 is 20.4 Å². The molecule has 0 spiro atoms. The van der Waals surface area contributed by atoms with E-state index in [0.29, 0.717) is 18.8 Å². The van der Waals surface area contributed by atoms with Crippen LogP contribution in [-0.4, -0.2) is 51.1 Å². The molecule has 0 bridgehead atoms. The van der Waals surface area contributed by atoms with E-state index in [9.17, 15) is 22.8 Å². The zero-order valence-corrected chi connectivity index (χ0v) is 15.0.